The maximum absolute atomic E-state index is 12.7. The van der Waals surface area contributed by atoms with Gasteiger partial charge in [-0.2, -0.15) is 0 Å². The second kappa shape index (κ2) is 11.6. The minimum absolute atomic E-state index is 0.0682. The zero-order valence-electron chi connectivity index (χ0n) is 21.5. The third-order valence-corrected chi connectivity index (χ3v) is 7.28. The molecule has 5 rings (SSSR count). The number of pyridine rings is 1. The molecule has 2 fully saturated rings. The van der Waals surface area contributed by atoms with Gasteiger partial charge in [0.05, 0.1) is 24.8 Å². The average Bonchev–Trinajstić information content (AvgIpc) is 3.38. The summed E-state index contributed by atoms with van der Waals surface area (Å²) >= 11 is 0. The van der Waals surface area contributed by atoms with Crippen molar-refractivity contribution in [2.24, 2.45) is 0 Å². The highest BCUT2D eigenvalue weighted by atomic mass is 16.1. The Morgan fingerprint density at radius 2 is 1.65 bits per heavy atom. The fraction of sp³-hybridized carbons (Fsp3) is 0.367. The number of benzene rings is 2. The van der Waals surface area contributed by atoms with Crippen molar-refractivity contribution in [3.8, 4) is 0 Å². The topological polar surface area (TPSA) is 68.8 Å². The highest BCUT2D eigenvalue weighted by Gasteiger charge is 2.24. The Bertz CT molecular complexity index is 1210. The number of nitrogens with zero attached hydrogens (tertiary/aromatic N) is 4. The lowest BCUT2D eigenvalue weighted by atomic mass is 10.1. The van der Waals surface area contributed by atoms with Crippen LogP contribution < -0.4 is 15.1 Å². The third kappa shape index (κ3) is 6.54. The quantitative estimate of drug-likeness (QED) is 0.482. The van der Waals surface area contributed by atoms with Crippen molar-refractivity contribution < 1.29 is 9.59 Å². The maximum atomic E-state index is 12.7. The van der Waals surface area contributed by atoms with Gasteiger partial charge in [-0.15, -0.1) is 0 Å². The summed E-state index contributed by atoms with van der Waals surface area (Å²) in [6.07, 6.45) is 5.09. The van der Waals surface area contributed by atoms with Crippen LogP contribution in [-0.4, -0.2) is 73.4 Å². The van der Waals surface area contributed by atoms with Gasteiger partial charge >= 0.3 is 0 Å². The Morgan fingerprint density at radius 1 is 0.892 bits per heavy atom. The molecule has 0 radical (unpaired) electrons. The molecule has 1 N–H and O–H groups in total. The number of piperazine rings is 1. The van der Waals surface area contributed by atoms with Crippen LogP contribution in [0.3, 0.4) is 0 Å². The van der Waals surface area contributed by atoms with Crippen LogP contribution in [-0.2, 0) is 11.2 Å². The van der Waals surface area contributed by atoms with Crippen LogP contribution in [0, 0.1) is 6.92 Å². The SMILES string of the molecule is Cc1cncc(N2CC[C@@H](NC(=O)Cc3ccc(N4CCN(CC(=O)c5ccccc5)CC4)cc3)C2)c1. The average molecular weight is 498 g/mol. The number of hydrogen-bond acceptors (Lipinski definition) is 6. The normalized spacial score (nSPS) is 18.1. The number of Topliss-reactive ketones (excluding diaryl/α,β-unsaturated/α-hetero) is 1. The summed E-state index contributed by atoms with van der Waals surface area (Å²) in [4.78, 5) is 36.3. The van der Waals surface area contributed by atoms with Gasteiger partial charge in [-0.1, -0.05) is 42.5 Å². The minimum atomic E-state index is 0.0682. The van der Waals surface area contributed by atoms with Crippen LogP contribution in [0.25, 0.3) is 0 Å². The van der Waals surface area contributed by atoms with Gasteiger partial charge in [-0.25, -0.2) is 0 Å². The zero-order valence-corrected chi connectivity index (χ0v) is 21.5. The molecule has 2 aromatic carbocycles. The van der Waals surface area contributed by atoms with Gasteiger partial charge in [-0.05, 0) is 42.7 Å². The van der Waals surface area contributed by atoms with E-state index in [1.54, 1.807) is 0 Å². The van der Waals surface area contributed by atoms with E-state index < -0.39 is 0 Å². The van der Waals surface area contributed by atoms with E-state index in [2.05, 4.69) is 55.3 Å². The first-order chi connectivity index (χ1) is 18.0. The van der Waals surface area contributed by atoms with Gasteiger partial charge in [0.25, 0.3) is 0 Å². The highest BCUT2D eigenvalue weighted by Crippen LogP contribution is 2.21. The van der Waals surface area contributed by atoms with E-state index >= 15 is 0 Å². The lowest BCUT2D eigenvalue weighted by Gasteiger charge is -2.35. The van der Waals surface area contributed by atoms with Crippen LogP contribution in [0.1, 0.15) is 27.9 Å². The van der Waals surface area contributed by atoms with Gasteiger partial charge in [0.15, 0.2) is 5.78 Å². The van der Waals surface area contributed by atoms with Crippen LogP contribution in [0.2, 0.25) is 0 Å². The number of anilines is 2. The van der Waals surface area contributed by atoms with Crippen molar-refractivity contribution in [3.05, 3.63) is 89.7 Å². The number of carbonyl (C=O) groups is 2. The molecule has 2 aliphatic rings. The summed E-state index contributed by atoms with van der Waals surface area (Å²) in [5.74, 6) is 0.243. The smallest absolute Gasteiger partial charge is 0.224 e. The van der Waals surface area contributed by atoms with Crippen LogP contribution in [0.4, 0.5) is 11.4 Å². The predicted molar refractivity (Wildman–Crippen MR) is 147 cm³/mol. The molecule has 2 aliphatic heterocycles. The molecule has 1 atom stereocenters. The van der Waals surface area contributed by atoms with Crippen LogP contribution >= 0.6 is 0 Å². The predicted octanol–water partition coefficient (Wildman–Crippen LogP) is 3.33. The van der Waals surface area contributed by atoms with Gasteiger partial charge in [0.1, 0.15) is 0 Å². The van der Waals surface area contributed by atoms with E-state index in [1.807, 2.05) is 49.6 Å². The number of carbonyl (C=O) groups excluding carboxylic acids is 2. The van der Waals surface area contributed by atoms with Gasteiger partial charge in [0, 0.05) is 62.8 Å². The number of aromatic nitrogens is 1. The molecule has 7 nitrogen and oxygen atoms in total. The Morgan fingerprint density at radius 3 is 2.38 bits per heavy atom. The number of amides is 1. The molecule has 3 heterocycles. The summed E-state index contributed by atoms with van der Waals surface area (Å²) in [5, 5.41) is 3.21. The third-order valence-electron chi connectivity index (χ3n) is 7.28. The second-order valence-electron chi connectivity index (χ2n) is 10.1. The fourth-order valence-electron chi connectivity index (χ4n) is 5.20. The fourth-order valence-corrected chi connectivity index (χ4v) is 5.20. The minimum Gasteiger partial charge on any atom is -0.369 e. The summed E-state index contributed by atoms with van der Waals surface area (Å²) in [6.45, 7) is 7.75. The first-order valence-electron chi connectivity index (χ1n) is 13.1. The monoisotopic (exact) mass is 497 g/mol. The van der Waals surface area contributed by atoms with E-state index in [0.717, 1.165) is 73.8 Å². The highest BCUT2D eigenvalue weighted by molar-refractivity contribution is 5.97. The summed E-state index contributed by atoms with van der Waals surface area (Å²) in [5.41, 5.74) is 5.23. The molecular formula is C30H35N5O2. The summed E-state index contributed by atoms with van der Waals surface area (Å²) in [6, 6.07) is 20.1. The standard InChI is InChI=1S/C30H35N5O2/c1-23-17-28(20-31-19-23)35-12-11-26(21-35)32-30(37)18-24-7-9-27(10-8-24)34-15-13-33(14-16-34)22-29(36)25-5-3-2-4-6-25/h2-10,17,19-20,26H,11-16,18,21-22H2,1H3,(H,32,37)/t26-/m1/s1. The molecule has 37 heavy (non-hydrogen) atoms. The van der Waals surface area contributed by atoms with Crippen molar-refractivity contribution in [3.63, 3.8) is 0 Å². The number of aryl methyl sites for hydroxylation is 1. The molecule has 1 amide bonds. The zero-order chi connectivity index (χ0) is 25.6. The molecule has 2 saturated heterocycles. The Balaban J connectivity index is 1.06. The van der Waals surface area contributed by atoms with E-state index in [0.29, 0.717) is 13.0 Å². The van der Waals surface area contributed by atoms with Gasteiger partial charge in [-0.3, -0.25) is 19.5 Å². The second-order valence-corrected chi connectivity index (χ2v) is 10.1. The molecule has 0 saturated carbocycles. The Hall–Kier alpha value is -3.71. The van der Waals surface area contributed by atoms with Crippen LogP contribution in [0.15, 0.2) is 73.1 Å². The largest absolute Gasteiger partial charge is 0.369 e. The molecule has 0 aliphatic carbocycles. The molecule has 0 bridgehead atoms. The number of rotatable bonds is 8. The number of hydrogen-bond donors (Lipinski definition) is 1. The molecule has 1 aromatic heterocycles. The van der Waals surface area contributed by atoms with E-state index in [9.17, 15) is 9.59 Å². The molecule has 7 heteroatoms. The molecule has 0 spiro atoms. The van der Waals surface area contributed by atoms with Crippen molar-refractivity contribution in [1.29, 1.82) is 0 Å². The van der Waals surface area contributed by atoms with Crippen molar-refractivity contribution in [1.82, 2.24) is 15.2 Å². The molecule has 3 aromatic rings. The van der Waals surface area contributed by atoms with Gasteiger partial charge in [0.2, 0.25) is 5.91 Å². The van der Waals surface area contributed by atoms with E-state index in [1.165, 1.54) is 0 Å². The lowest BCUT2D eigenvalue weighted by molar-refractivity contribution is -0.121. The molecule has 0 unspecified atom stereocenters. The lowest BCUT2D eigenvalue weighted by Crippen LogP contribution is -2.48. The Labute approximate surface area is 219 Å². The van der Waals surface area contributed by atoms with Crippen molar-refractivity contribution >= 4 is 23.1 Å². The van der Waals surface area contributed by atoms with Crippen LogP contribution in [0.5, 0.6) is 0 Å². The first-order valence-corrected chi connectivity index (χ1v) is 13.1. The van der Waals surface area contributed by atoms with E-state index in [4.69, 9.17) is 0 Å². The molecule has 192 valence electrons. The molecular weight excluding hydrogens is 462 g/mol. The Kier molecular flexibility index (Phi) is 7.80. The first kappa shape index (κ1) is 25.0. The number of nitrogens with one attached hydrogen (secondary N) is 1. The van der Waals surface area contributed by atoms with Crippen molar-refractivity contribution in [2.45, 2.75) is 25.8 Å². The summed E-state index contributed by atoms with van der Waals surface area (Å²) < 4.78 is 0. The maximum Gasteiger partial charge on any atom is 0.224 e. The number of ketones is 1. The van der Waals surface area contributed by atoms with Crippen molar-refractivity contribution in [2.75, 3.05) is 55.6 Å². The summed E-state index contributed by atoms with van der Waals surface area (Å²) in [7, 11) is 0. The van der Waals surface area contributed by atoms with Gasteiger partial charge < -0.3 is 15.1 Å². The van der Waals surface area contributed by atoms with E-state index in [-0.39, 0.29) is 17.7 Å².